The van der Waals surface area contributed by atoms with Gasteiger partial charge in [-0.05, 0) is 17.5 Å². The SMILES string of the molecule is O=C(O)CSc1nnc(C2Cc3ccccc32)o1. The van der Waals surface area contributed by atoms with E-state index in [0.717, 1.165) is 18.2 Å². The van der Waals surface area contributed by atoms with Crippen LogP contribution in [0.1, 0.15) is 22.9 Å². The number of aromatic nitrogens is 2. The van der Waals surface area contributed by atoms with Crippen LogP contribution in [0.15, 0.2) is 33.9 Å². The van der Waals surface area contributed by atoms with Gasteiger partial charge < -0.3 is 9.52 Å². The molecule has 92 valence electrons. The summed E-state index contributed by atoms with van der Waals surface area (Å²) in [5, 5.41) is 16.7. The zero-order chi connectivity index (χ0) is 12.5. The van der Waals surface area contributed by atoms with Gasteiger partial charge in [0.1, 0.15) is 5.75 Å². The molecule has 1 N–H and O–H groups in total. The lowest BCUT2D eigenvalue weighted by Crippen LogP contribution is -2.18. The maximum atomic E-state index is 10.4. The molecule has 1 heterocycles. The first-order valence-corrected chi connectivity index (χ1v) is 6.48. The van der Waals surface area contributed by atoms with Gasteiger partial charge in [0.15, 0.2) is 0 Å². The fourth-order valence-corrected chi connectivity index (χ4v) is 2.51. The number of carboxylic acid groups (broad SMARTS) is 1. The molecule has 0 radical (unpaired) electrons. The lowest BCUT2D eigenvalue weighted by Gasteiger charge is -2.26. The standard InChI is InChI=1S/C12H10N2O3S/c15-10(16)6-18-12-14-13-11(17-12)9-5-7-3-1-2-4-8(7)9/h1-4,9H,5-6H2,(H,15,16). The summed E-state index contributed by atoms with van der Waals surface area (Å²) >= 11 is 1.04. The monoisotopic (exact) mass is 262 g/mol. The van der Waals surface area contributed by atoms with Crippen molar-refractivity contribution in [3.05, 3.63) is 41.3 Å². The van der Waals surface area contributed by atoms with Crippen molar-refractivity contribution in [1.29, 1.82) is 0 Å². The first-order chi connectivity index (χ1) is 8.74. The second-order valence-corrected chi connectivity index (χ2v) is 4.97. The molecule has 1 atom stereocenters. The molecule has 1 aliphatic rings. The normalized spacial score (nSPS) is 17.0. The van der Waals surface area contributed by atoms with Crippen molar-refractivity contribution in [1.82, 2.24) is 10.2 Å². The van der Waals surface area contributed by atoms with Crippen LogP contribution in [0.3, 0.4) is 0 Å². The molecule has 3 rings (SSSR count). The van der Waals surface area contributed by atoms with Gasteiger partial charge in [-0.3, -0.25) is 4.79 Å². The van der Waals surface area contributed by atoms with Gasteiger partial charge >= 0.3 is 5.97 Å². The predicted molar refractivity (Wildman–Crippen MR) is 64.6 cm³/mol. The van der Waals surface area contributed by atoms with Crippen LogP contribution >= 0.6 is 11.8 Å². The number of hydrogen-bond acceptors (Lipinski definition) is 5. The summed E-state index contributed by atoms with van der Waals surface area (Å²) in [7, 11) is 0. The summed E-state index contributed by atoms with van der Waals surface area (Å²) in [5.41, 5.74) is 2.52. The molecule has 1 aromatic heterocycles. The van der Waals surface area contributed by atoms with Crippen molar-refractivity contribution in [2.75, 3.05) is 5.75 Å². The Kier molecular flexibility index (Phi) is 2.79. The van der Waals surface area contributed by atoms with E-state index >= 15 is 0 Å². The van der Waals surface area contributed by atoms with E-state index in [1.165, 1.54) is 11.1 Å². The molecule has 2 aromatic rings. The summed E-state index contributed by atoms with van der Waals surface area (Å²) in [6, 6.07) is 8.14. The quantitative estimate of drug-likeness (QED) is 0.848. The van der Waals surface area contributed by atoms with Gasteiger partial charge in [-0.25, -0.2) is 0 Å². The highest BCUT2D eigenvalue weighted by molar-refractivity contribution is 7.99. The molecule has 18 heavy (non-hydrogen) atoms. The smallest absolute Gasteiger partial charge is 0.314 e. The second kappa shape index (κ2) is 4.45. The third-order valence-electron chi connectivity index (χ3n) is 2.89. The number of hydrogen-bond donors (Lipinski definition) is 1. The molecule has 0 fully saturated rings. The Morgan fingerprint density at radius 2 is 2.28 bits per heavy atom. The molecular weight excluding hydrogens is 252 g/mol. The Hall–Kier alpha value is -1.82. The molecule has 0 saturated heterocycles. The average Bonchev–Trinajstić information content (AvgIpc) is 2.77. The number of rotatable bonds is 4. The van der Waals surface area contributed by atoms with Crippen molar-refractivity contribution in [2.24, 2.45) is 0 Å². The van der Waals surface area contributed by atoms with Gasteiger partial charge in [-0.2, -0.15) is 0 Å². The lowest BCUT2D eigenvalue weighted by molar-refractivity contribution is -0.133. The van der Waals surface area contributed by atoms with E-state index < -0.39 is 5.97 Å². The molecule has 1 aromatic carbocycles. The Labute approximate surface area is 107 Å². The second-order valence-electron chi connectivity index (χ2n) is 4.04. The number of aliphatic carboxylic acids is 1. The van der Waals surface area contributed by atoms with Crippen molar-refractivity contribution < 1.29 is 14.3 Å². The van der Waals surface area contributed by atoms with Crippen LogP contribution in [0.25, 0.3) is 0 Å². The van der Waals surface area contributed by atoms with Gasteiger partial charge in [0.25, 0.3) is 5.22 Å². The largest absolute Gasteiger partial charge is 0.481 e. The third kappa shape index (κ3) is 1.99. The van der Waals surface area contributed by atoms with Crippen LogP contribution in [0, 0.1) is 0 Å². The van der Waals surface area contributed by atoms with E-state index in [0.29, 0.717) is 11.1 Å². The lowest BCUT2D eigenvalue weighted by atomic mass is 9.78. The van der Waals surface area contributed by atoms with Crippen LogP contribution in [-0.4, -0.2) is 27.0 Å². The summed E-state index contributed by atoms with van der Waals surface area (Å²) in [6.07, 6.45) is 0.904. The fraction of sp³-hybridized carbons (Fsp3) is 0.250. The predicted octanol–water partition coefficient (Wildman–Crippen LogP) is 1.93. The molecule has 0 spiro atoms. The minimum absolute atomic E-state index is 0.0666. The molecule has 0 amide bonds. The molecule has 1 aliphatic carbocycles. The summed E-state index contributed by atoms with van der Waals surface area (Å²) < 4.78 is 5.47. The Balaban J connectivity index is 1.74. The van der Waals surface area contributed by atoms with Gasteiger partial charge in [-0.15, -0.1) is 10.2 Å². The first-order valence-electron chi connectivity index (χ1n) is 5.50. The number of carboxylic acids is 1. The summed E-state index contributed by atoms with van der Waals surface area (Å²) in [6.45, 7) is 0. The zero-order valence-corrected chi connectivity index (χ0v) is 10.2. The zero-order valence-electron chi connectivity index (χ0n) is 9.37. The molecule has 0 saturated carbocycles. The van der Waals surface area contributed by atoms with Crippen LogP contribution in [0.2, 0.25) is 0 Å². The number of carbonyl (C=O) groups is 1. The highest BCUT2D eigenvalue weighted by atomic mass is 32.2. The van der Waals surface area contributed by atoms with E-state index in [1.807, 2.05) is 12.1 Å². The molecule has 5 nitrogen and oxygen atoms in total. The molecule has 6 heteroatoms. The van der Waals surface area contributed by atoms with E-state index in [4.69, 9.17) is 9.52 Å². The minimum atomic E-state index is -0.895. The average molecular weight is 262 g/mol. The van der Waals surface area contributed by atoms with Crippen LogP contribution < -0.4 is 0 Å². The maximum Gasteiger partial charge on any atom is 0.314 e. The van der Waals surface area contributed by atoms with Crippen molar-refractivity contribution in [3.63, 3.8) is 0 Å². The van der Waals surface area contributed by atoms with Gasteiger partial charge in [0, 0.05) is 0 Å². The van der Waals surface area contributed by atoms with Crippen LogP contribution in [0.5, 0.6) is 0 Å². The third-order valence-corrected chi connectivity index (χ3v) is 3.70. The number of benzene rings is 1. The van der Waals surface area contributed by atoms with E-state index in [1.54, 1.807) is 0 Å². The number of nitrogens with zero attached hydrogens (tertiary/aromatic N) is 2. The molecular formula is C12H10N2O3S. The van der Waals surface area contributed by atoms with Crippen LogP contribution in [-0.2, 0) is 11.2 Å². The molecule has 0 bridgehead atoms. The van der Waals surface area contributed by atoms with Gasteiger partial charge in [0.2, 0.25) is 5.89 Å². The van der Waals surface area contributed by atoms with Crippen LogP contribution in [0.4, 0.5) is 0 Å². The highest BCUT2D eigenvalue weighted by Crippen LogP contribution is 2.39. The van der Waals surface area contributed by atoms with Crippen molar-refractivity contribution >= 4 is 17.7 Å². The maximum absolute atomic E-state index is 10.4. The fourth-order valence-electron chi connectivity index (χ4n) is 2.02. The molecule has 0 aliphatic heterocycles. The summed E-state index contributed by atoms with van der Waals surface area (Å²) in [4.78, 5) is 10.4. The van der Waals surface area contributed by atoms with Crippen molar-refractivity contribution in [3.8, 4) is 0 Å². The van der Waals surface area contributed by atoms with Gasteiger partial charge in [0.05, 0.1) is 5.92 Å². The van der Waals surface area contributed by atoms with Crippen molar-refractivity contribution in [2.45, 2.75) is 17.6 Å². The van der Waals surface area contributed by atoms with Gasteiger partial charge in [-0.1, -0.05) is 36.0 Å². The Morgan fingerprint density at radius 3 is 3.06 bits per heavy atom. The topological polar surface area (TPSA) is 76.2 Å². The Bertz CT molecular complexity index is 597. The molecule has 1 unspecified atom stereocenters. The van der Waals surface area contributed by atoms with E-state index in [2.05, 4.69) is 22.3 Å². The highest BCUT2D eigenvalue weighted by Gasteiger charge is 2.31. The number of fused-ring (bicyclic) bond motifs is 1. The summed E-state index contributed by atoms with van der Waals surface area (Å²) in [5.74, 6) is -0.230. The number of thioether (sulfide) groups is 1. The first kappa shape index (κ1) is 11.3. The minimum Gasteiger partial charge on any atom is -0.481 e. The van der Waals surface area contributed by atoms with E-state index in [-0.39, 0.29) is 11.7 Å². The Morgan fingerprint density at radius 1 is 1.44 bits per heavy atom. The van der Waals surface area contributed by atoms with E-state index in [9.17, 15) is 4.79 Å².